The van der Waals surface area contributed by atoms with Crippen LogP contribution in [0.25, 0.3) is 0 Å². The summed E-state index contributed by atoms with van der Waals surface area (Å²) in [7, 11) is 0. The van der Waals surface area contributed by atoms with E-state index in [9.17, 15) is 0 Å². The van der Waals surface area contributed by atoms with Crippen LogP contribution in [0.4, 0.5) is 0 Å². The Hall–Kier alpha value is -0.670. The zero-order valence-electron chi connectivity index (χ0n) is 11.2. The zero-order chi connectivity index (χ0) is 12.6. The van der Waals surface area contributed by atoms with E-state index in [-0.39, 0.29) is 0 Å². The molecule has 1 aromatic rings. The van der Waals surface area contributed by atoms with Crippen molar-refractivity contribution >= 4 is 11.8 Å². The van der Waals surface area contributed by atoms with Gasteiger partial charge in [0.25, 0.3) is 0 Å². The number of ether oxygens (including phenoxy) is 1. The van der Waals surface area contributed by atoms with Crippen LogP contribution in [0.15, 0.2) is 29.2 Å². The van der Waals surface area contributed by atoms with Crippen LogP contribution < -0.4 is 10.1 Å². The third-order valence-corrected chi connectivity index (χ3v) is 4.26. The van der Waals surface area contributed by atoms with E-state index in [4.69, 9.17) is 4.74 Å². The van der Waals surface area contributed by atoms with Crippen molar-refractivity contribution in [3.05, 3.63) is 24.3 Å². The Morgan fingerprint density at radius 2 is 1.94 bits per heavy atom. The molecule has 2 rings (SSSR count). The lowest BCUT2D eigenvalue weighted by Crippen LogP contribution is -2.26. The van der Waals surface area contributed by atoms with E-state index in [1.165, 1.54) is 30.6 Å². The number of thioether (sulfide) groups is 1. The van der Waals surface area contributed by atoms with Crippen LogP contribution >= 0.6 is 11.8 Å². The van der Waals surface area contributed by atoms with Gasteiger partial charge in [0, 0.05) is 11.4 Å². The molecule has 0 bridgehead atoms. The average Bonchev–Trinajstić information content (AvgIpc) is 2.92. The van der Waals surface area contributed by atoms with E-state index < -0.39 is 0 Å². The van der Waals surface area contributed by atoms with E-state index in [2.05, 4.69) is 23.7 Å². The van der Waals surface area contributed by atoms with Crippen LogP contribution in [0, 0.1) is 5.92 Å². The van der Waals surface area contributed by atoms with Gasteiger partial charge in [-0.05, 0) is 55.8 Å². The molecule has 0 aliphatic heterocycles. The first-order chi connectivity index (χ1) is 8.88. The molecule has 1 aliphatic carbocycles. The van der Waals surface area contributed by atoms with Crippen molar-refractivity contribution in [2.24, 2.45) is 5.92 Å². The third-order valence-electron chi connectivity index (χ3n) is 3.51. The Kier molecular flexibility index (Phi) is 5.88. The molecule has 0 radical (unpaired) electrons. The number of hydrogen-bond donors (Lipinski definition) is 1. The fourth-order valence-electron chi connectivity index (χ4n) is 2.43. The normalized spacial score (nSPS) is 16.1. The lowest BCUT2D eigenvalue weighted by molar-refractivity contribution is 0.308. The molecule has 1 aliphatic rings. The molecule has 0 atom stereocenters. The minimum atomic E-state index is 0.755. The zero-order valence-corrected chi connectivity index (χ0v) is 12.0. The molecule has 2 nitrogen and oxygen atoms in total. The topological polar surface area (TPSA) is 21.3 Å². The van der Waals surface area contributed by atoms with Crippen molar-refractivity contribution in [3.63, 3.8) is 0 Å². The summed E-state index contributed by atoms with van der Waals surface area (Å²) in [5, 5.41) is 3.49. The second-order valence-corrected chi connectivity index (χ2v) is 5.76. The van der Waals surface area contributed by atoms with Gasteiger partial charge in [0.05, 0.1) is 0 Å². The molecule has 0 spiro atoms. The summed E-state index contributed by atoms with van der Waals surface area (Å²) in [6.45, 7) is 2.86. The minimum absolute atomic E-state index is 0.755. The first kappa shape index (κ1) is 13.8. The maximum absolute atomic E-state index is 5.70. The van der Waals surface area contributed by atoms with Gasteiger partial charge in [-0.25, -0.2) is 0 Å². The summed E-state index contributed by atoms with van der Waals surface area (Å²) < 4.78 is 5.70. The van der Waals surface area contributed by atoms with Crippen molar-refractivity contribution in [2.75, 3.05) is 26.0 Å². The van der Waals surface area contributed by atoms with E-state index in [0.717, 1.165) is 31.4 Å². The molecule has 3 heteroatoms. The summed E-state index contributed by atoms with van der Waals surface area (Å²) in [5.74, 6) is 1.88. The molecular formula is C15H23NOS. The van der Waals surface area contributed by atoms with E-state index in [0.29, 0.717) is 0 Å². The van der Waals surface area contributed by atoms with Gasteiger partial charge in [-0.3, -0.25) is 0 Å². The number of hydrogen-bond acceptors (Lipinski definition) is 3. The second-order valence-electron chi connectivity index (χ2n) is 4.88. The molecule has 18 heavy (non-hydrogen) atoms. The van der Waals surface area contributed by atoms with E-state index in [1.807, 2.05) is 12.1 Å². The fourth-order valence-corrected chi connectivity index (χ4v) is 2.84. The summed E-state index contributed by atoms with van der Waals surface area (Å²) in [5.41, 5.74) is 0. The maximum atomic E-state index is 5.70. The summed E-state index contributed by atoms with van der Waals surface area (Å²) in [6.07, 6.45) is 7.74. The maximum Gasteiger partial charge on any atom is 0.119 e. The Balaban J connectivity index is 1.56. The third kappa shape index (κ3) is 4.54. The molecule has 1 aromatic carbocycles. The highest BCUT2D eigenvalue weighted by molar-refractivity contribution is 7.98. The van der Waals surface area contributed by atoms with Crippen LogP contribution in [0.3, 0.4) is 0 Å². The lowest BCUT2D eigenvalue weighted by atomic mass is 10.1. The Morgan fingerprint density at radius 3 is 2.61 bits per heavy atom. The summed E-state index contributed by atoms with van der Waals surface area (Å²) in [6, 6.07) is 8.30. The standard InChI is InChI=1S/C15H23NOS/c1-18-15-8-6-14(7-9-15)17-11-10-16-12-13-4-2-3-5-13/h6-9,13,16H,2-5,10-12H2,1H3. The Labute approximate surface area is 114 Å². The minimum Gasteiger partial charge on any atom is -0.492 e. The second kappa shape index (κ2) is 7.70. The van der Waals surface area contributed by atoms with Crippen LogP contribution in [-0.4, -0.2) is 26.0 Å². The monoisotopic (exact) mass is 265 g/mol. The van der Waals surface area contributed by atoms with Crippen LogP contribution in [0.1, 0.15) is 25.7 Å². The van der Waals surface area contributed by atoms with Crippen LogP contribution in [0.5, 0.6) is 5.75 Å². The van der Waals surface area contributed by atoms with Gasteiger partial charge < -0.3 is 10.1 Å². The number of rotatable bonds is 7. The lowest BCUT2D eigenvalue weighted by Gasteiger charge is -2.11. The van der Waals surface area contributed by atoms with Gasteiger partial charge in [0.15, 0.2) is 0 Å². The SMILES string of the molecule is CSc1ccc(OCCNCC2CCCC2)cc1. The molecular weight excluding hydrogens is 242 g/mol. The highest BCUT2D eigenvalue weighted by Crippen LogP contribution is 2.23. The van der Waals surface area contributed by atoms with Gasteiger partial charge in [-0.15, -0.1) is 11.8 Å². The molecule has 0 saturated heterocycles. The molecule has 0 unspecified atom stereocenters. The molecule has 0 amide bonds. The van der Waals surface area contributed by atoms with Crippen molar-refractivity contribution in [2.45, 2.75) is 30.6 Å². The van der Waals surface area contributed by atoms with Gasteiger partial charge in [0.2, 0.25) is 0 Å². The smallest absolute Gasteiger partial charge is 0.119 e. The average molecular weight is 265 g/mol. The molecule has 1 saturated carbocycles. The van der Waals surface area contributed by atoms with Gasteiger partial charge in [0.1, 0.15) is 12.4 Å². The van der Waals surface area contributed by atoms with Crippen molar-refractivity contribution in [1.29, 1.82) is 0 Å². The van der Waals surface area contributed by atoms with Gasteiger partial charge >= 0.3 is 0 Å². The summed E-state index contributed by atoms with van der Waals surface area (Å²) in [4.78, 5) is 1.28. The quantitative estimate of drug-likeness (QED) is 0.601. The molecule has 0 heterocycles. The van der Waals surface area contributed by atoms with E-state index in [1.54, 1.807) is 11.8 Å². The highest BCUT2D eigenvalue weighted by atomic mass is 32.2. The van der Waals surface area contributed by atoms with Crippen molar-refractivity contribution in [1.82, 2.24) is 5.32 Å². The predicted octanol–water partition coefficient (Wildman–Crippen LogP) is 3.57. The fraction of sp³-hybridized carbons (Fsp3) is 0.600. The Morgan fingerprint density at radius 1 is 1.22 bits per heavy atom. The highest BCUT2D eigenvalue weighted by Gasteiger charge is 2.13. The van der Waals surface area contributed by atoms with Crippen molar-refractivity contribution in [3.8, 4) is 5.75 Å². The molecule has 1 N–H and O–H groups in total. The first-order valence-electron chi connectivity index (χ1n) is 6.86. The molecule has 100 valence electrons. The van der Waals surface area contributed by atoms with E-state index >= 15 is 0 Å². The van der Waals surface area contributed by atoms with Gasteiger partial charge in [-0.1, -0.05) is 12.8 Å². The van der Waals surface area contributed by atoms with Crippen LogP contribution in [-0.2, 0) is 0 Å². The van der Waals surface area contributed by atoms with Crippen molar-refractivity contribution < 1.29 is 4.74 Å². The number of benzene rings is 1. The largest absolute Gasteiger partial charge is 0.492 e. The summed E-state index contributed by atoms with van der Waals surface area (Å²) >= 11 is 1.76. The molecule has 1 fully saturated rings. The molecule has 0 aromatic heterocycles. The van der Waals surface area contributed by atoms with Gasteiger partial charge in [-0.2, -0.15) is 0 Å². The predicted molar refractivity (Wildman–Crippen MR) is 78.5 cm³/mol. The van der Waals surface area contributed by atoms with Crippen LogP contribution in [0.2, 0.25) is 0 Å². The first-order valence-corrected chi connectivity index (χ1v) is 8.08. The number of nitrogens with one attached hydrogen (secondary N) is 1. The Bertz CT molecular complexity index is 333.